The van der Waals surface area contributed by atoms with Gasteiger partial charge in [-0.15, -0.1) is 11.3 Å². The Morgan fingerprint density at radius 3 is 2.70 bits per heavy atom. The van der Waals surface area contributed by atoms with Crippen molar-refractivity contribution in [1.29, 1.82) is 0 Å². The second-order valence-corrected chi connectivity index (χ2v) is 8.16. The number of anilines is 1. The summed E-state index contributed by atoms with van der Waals surface area (Å²) in [5.74, 6) is -4.62. The highest BCUT2D eigenvalue weighted by Crippen LogP contribution is 2.37. The SMILES string of the molecule is O=C(O)C(=O)Nc1sc2c(c1C(=O)O)CC(CN1Cc3cccc(O)c3C1=O)NC2. The number of amides is 2. The van der Waals surface area contributed by atoms with Crippen molar-refractivity contribution in [3.05, 3.63) is 45.3 Å². The molecule has 0 spiro atoms. The van der Waals surface area contributed by atoms with Crippen molar-refractivity contribution in [2.45, 2.75) is 25.6 Å². The zero-order valence-corrected chi connectivity index (χ0v) is 16.3. The van der Waals surface area contributed by atoms with Gasteiger partial charge < -0.3 is 30.9 Å². The number of nitrogens with one attached hydrogen (secondary N) is 2. The predicted octanol–water partition coefficient (Wildman–Crippen LogP) is 0.845. The predicted molar refractivity (Wildman–Crippen MR) is 105 cm³/mol. The van der Waals surface area contributed by atoms with Crippen LogP contribution in [-0.2, 0) is 29.1 Å². The zero-order chi connectivity index (χ0) is 21.6. The van der Waals surface area contributed by atoms with Gasteiger partial charge >= 0.3 is 17.8 Å². The molecule has 2 aliphatic heterocycles. The third-order valence-corrected chi connectivity index (χ3v) is 6.31. The largest absolute Gasteiger partial charge is 0.507 e. The van der Waals surface area contributed by atoms with Gasteiger partial charge in [-0.05, 0) is 23.6 Å². The van der Waals surface area contributed by atoms with Crippen molar-refractivity contribution < 1.29 is 34.5 Å². The smallest absolute Gasteiger partial charge is 0.394 e. The van der Waals surface area contributed by atoms with E-state index in [2.05, 4.69) is 10.6 Å². The number of thiophene rings is 1. The summed E-state index contributed by atoms with van der Waals surface area (Å²) < 4.78 is 0. The molecular formula is C19H17N3O7S. The van der Waals surface area contributed by atoms with Crippen LogP contribution in [0.4, 0.5) is 5.00 Å². The minimum atomic E-state index is -1.70. The van der Waals surface area contributed by atoms with Crippen molar-refractivity contribution in [3.8, 4) is 5.75 Å². The summed E-state index contributed by atoms with van der Waals surface area (Å²) in [7, 11) is 0. The molecule has 1 aromatic heterocycles. The third-order valence-electron chi connectivity index (χ3n) is 5.16. The lowest BCUT2D eigenvalue weighted by Crippen LogP contribution is -2.44. The Labute approximate surface area is 173 Å². The van der Waals surface area contributed by atoms with Crippen LogP contribution in [0, 0.1) is 0 Å². The van der Waals surface area contributed by atoms with Crippen LogP contribution in [0.5, 0.6) is 5.75 Å². The average Bonchev–Trinajstić information content (AvgIpc) is 3.19. The number of phenols is 1. The number of benzene rings is 1. The number of aromatic hydroxyl groups is 1. The van der Waals surface area contributed by atoms with E-state index in [1.807, 2.05) is 0 Å². The van der Waals surface area contributed by atoms with Crippen molar-refractivity contribution in [2.75, 3.05) is 11.9 Å². The van der Waals surface area contributed by atoms with E-state index >= 15 is 0 Å². The normalized spacial score (nSPS) is 17.4. The van der Waals surface area contributed by atoms with Gasteiger partial charge in [0.1, 0.15) is 10.8 Å². The first-order valence-electron chi connectivity index (χ1n) is 9.02. The number of hydrogen-bond donors (Lipinski definition) is 5. The molecule has 11 heteroatoms. The summed E-state index contributed by atoms with van der Waals surface area (Å²) in [5.41, 5.74) is 1.42. The van der Waals surface area contributed by atoms with Crippen LogP contribution in [0.2, 0.25) is 0 Å². The molecule has 0 fully saturated rings. The standard InChI is InChI=1S/C19H17N3O7S/c23-11-3-1-2-8-6-22(17(25)13(8)11)7-9-4-10-12(5-20-9)30-16(14(10)18(26)27)21-15(24)19(28)29/h1-3,9,20,23H,4-7H2,(H,21,24)(H,26,27)(H,28,29). The minimum Gasteiger partial charge on any atom is -0.507 e. The number of carboxylic acid groups (broad SMARTS) is 2. The Morgan fingerprint density at radius 2 is 2.03 bits per heavy atom. The molecule has 2 aromatic rings. The second-order valence-electron chi connectivity index (χ2n) is 7.05. The molecule has 0 bridgehead atoms. The molecule has 30 heavy (non-hydrogen) atoms. The maximum Gasteiger partial charge on any atom is 0.394 e. The van der Waals surface area contributed by atoms with Gasteiger partial charge in [0, 0.05) is 30.6 Å². The van der Waals surface area contributed by atoms with Crippen molar-refractivity contribution in [2.24, 2.45) is 0 Å². The molecule has 3 heterocycles. The van der Waals surface area contributed by atoms with Gasteiger partial charge in [-0.3, -0.25) is 9.59 Å². The van der Waals surface area contributed by atoms with Crippen LogP contribution < -0.4 is 10.6 Å². The number of aromatic carboxylic acids is 1. The molecule has 5 N–H and O–H groups in total. The number of carbonyl (C=O) groups is 4. The first-order valence-corrected chi connectivity index (χ1v) is 9.83. The summed E-state index contributed by atoms with van der Waals surface area (Å²) >= 11 is 1.02. The fourth-order valence-corrected chi connectivity index (χ4v) is 5.01. The molecule has 0 saturated heterocycles. The summed E-state index contributed by atoms with van der Waals surface area (Å²) in [6.45, 7) is 0.981. The fraction of sp³-hybridized carbons (Fsp3) is 0.263. The van der Waals surface area contributed by atoms with E-state index in [1.54, 1.807) is 17.0 Å². The molecular weight excluding hydrogens is 414 g/mol. The number of carbonyl (C=O) groups excluding carboxylic acids is 2. The van der Waals surface area contributed by atoms with E-state index in [0.29, 0.717) is 36.5 Å². The van der Waals surface area contributed by atoms with E-state index < -0.39 is 17.8 Å². The zero-order valence-electron chi connectivity index (χ0n) is 15.5. The van der Waals surface area contributed by atoms with E-state index in [9.17, 15) is 29.4 Å². The maximum absolute atomic E-state index is 12.6. The van der Waals surface area contributed by atoms with Crippen molar-refractivity contribution in [3.63, 3.8) is 0 Å². The summed E-state index contributed by atoms with van der Waals surface area (Å²) in [6, 6.07) is 4.67. The first kappa shape index (κ1) is 19.9. The Morgan fingerprint density at radius 1 is 1.27 bits per heavy atom. The number of rotatable bonds is 4. The van der Waals surface area contributed by atoms with E-state index in [1.165, 1.54) is 6.07 Å². The number of fused-ring (bicyclic) bond motifs is 2. The number of carboxylic acids is 2. The molecule has 4 rings (SSSR count). The molecule has 156 valence electrons. The van der Waals surface area contributed by atoms with Crippen LogP contribution in [0.3, 0.4) is 0 Å². The maximum atomic E-state index is 12.6. The van der Waals surface area contributed by atoms with Crippen LogP contribution >= 0.6 is 11.3 Å². The highest BCUT2D eigenvalue weighted by molar-refractivity contribution is 7.17. The lowest BCUT2D eigenvalue weighted by molar-refractivity contribution is -0.147. The summed E-state index contributed by atoms with van der Waals surface area (Å²) in [5, 5.41) is 33.7. The Balaban J connectivity index is 1.54. The van der Waals surface area contributed by atoms with Gasteiger partial charge in [-0.1, -0.05) is 12.1 Å². The Hall–Kier alpha value is -3.44. The van der Waals surface area contributed by atoms with Crippen LogP contribution in [0.25, 0.3) is 0 Å². The van der Waals surface area contributed by atoms with Gasteiger partial charge in [0.05, 0.1) is 11.1 Å². The molecule has 1 aromatic carbocycles. The van der Waals surface area contributed by atoms with Gasteiger partial charge in [0.2, 0.25) is 0 Å². The van der Waals surface area contributed by atoms with Gasteiger partial charge in [-0.2, -0.15) is 0 Å². The number of phenolic OH excluding ortho intramolecular Hbond substituents is 1. The Kier molecular flexibility index (Phi) is 4.92. The number of aliphatic carboxylic acids is 1. The molecule has 0 aliphatic carbocycles. The van der Waals surface area contributed by atoms with Gasteiger partial charge in [0.15, 0.2) is 0 Å². The second kappa shape index (κ2) is 7.43. The van der Waals surface area contributed by atoms with E-state index in [0.717, 1.165) is 16.9 Å². The summed E-state index contributed by atoms with van der Waals surface area (Å²) in [4.78, 5) is 49.0. The molecule has 1 unspecified atom stereocenters. The highest BCUT2D eigenvalue weighted by atomic mass is 32.1. The molecule has 0 saturated carbocycles. The van der Waals surface area contributed by atoms with Gasteiger partial charge in [-0.25, -0.2) is 9.59 Å². The van der Waals surface area contributed by atoms with E-state index in [-0.39, 0.29) is 33.8 Å². The van der Waals surface area contributed by atoms with Crippen LogP contribution in [0.15, 0.2) is 18.2 Å². The lowest BCUT2D eigenvalue weighted by atomic mass is 9.97. The number of hydrogen-bond acceptors (Lipinski definition) is 7. The lowest BCUT2D eigenvalue weighted by Gasteiger charge is -2.28. The topological polar surface area (TPSA) is 156 Å². The van der Waals surface area contributed by atoms with Crippen LogP contribution in [-0.4, -0.2) is 56.6 Å². The third kappa shape index (κ3) is 3.37. The number of nitrogens with zero attached hydrogens (tertiary/aromatic N) is 1. The monoisotopic (exact) mass is 431 g/mol. The van der Waals surface area contributed by atoms with Gasteiger partial charge in [0.25, 0.3) is 5.91 Å². The fourth-order valence-electron chi connectivity index (χ4n) is 3.84. The quantitative estimate of drug-likeness (QED) is 0.446. The minimum absolute atomic E-state index is 0.0167. The average molecular weight is 431 g/mol. The van der Waals surface area contributed by atoms with Crippen LogP contribution in [0.1, 0.15) is 36.7 Å². The molecule has 10 nitrogen and oxygen atoms in total. The van der Waals surface area contributed by atoms with Crippen molar-refractivity contribution >= 4 is 40.1 Å². The molecule has 0 radical (unpaired) electrons. The van der Waals surface area contributed by atoms with Crippen molar-refractivity contribution in [1.82, 2.24) is 10.2 Å². The Bertz CT molecular complexity index is 1090. The highest BCUT2D eigenvalue weighted by Gasteiger charge is 2.35. The van der Waals surface area contributed by atoms with E-state index in [4.69, 9.17) is 5.11 Å². The summed E-state index contributed by atoms with van der Waals surface area (Å²) in [6.07, 6.45) is 0.294. The molecule has 2 amide bonds. The molecule has 1 atom stereocenters. The first-order chi connectivity index (χ1) is 14.3. The molecule has 2 aliphatic rings.